The zero-order chi connectivity index (χ0) is 38.1. The Morgan fingerprint density at radius 1 is 0.940 bits per heavy atom. The predicted molar refractivity (Wildman–Crippen MR) is 186 cm³/mol. The van der Waals surface area contributed by atoms with Crippen LogP contribution in [-0.4, -0.2) is 113 Å². The summed E-state index contributed by atoms with van der Waals surface area (Å²) < 4.78 is 0. The van der Waals surface area contributed by atoms with Crippen molar-refractivity contribution in [3.8, 4) is 0 Å². The van der Waals surface area contributed by atoms with E-state index in [9.17, 15) is 43.5 Å². The molecule has 1 aliphatic rings. The van der Waals surface area contributed by atoms with E-state index in [4.69, 9.17) is 17.2 Å². The van der Waals surface area contributed by atoms with Gasteiger partial charge >= 0.3 is 5.97 Å². The fraction of sp³-hybridized carbons (Fsp3) is 0.742. The number of thioether (sulfide) groups is 1. The number of carbonyl (C=O) groups is 8. The van der Waals surface area contributed by atoms with Gasteiger partial charge in [-0.25, -0.2) is 4.79 Å². The van der Waals surface area contributed by atoms with Gasteiger partial charge in [-0.05, 0) is 51.0 Å². The SMILES string of the molecule is CC[C@H](C)[C@H](NC(=O)[C@H](CCCCN)NC(=O)[C@@H]1CSC[C@@H](NC(=O)[C@@H](N)CC(C)C)C(=O)N[C@@H](C)C(=O)N[C@@H](CC(N)=O)C(=O)N1)C(=O)O. The van der Waals surface area contributed by atoms with Crippen LogP contribution in [0, 0.1) is 11.8 Å². The highest BCUT2D eigenvalue weighted by Crippen LogP contribution is 2.13. The van der Waals surface area contributed by atoms with E-state index in [1.807, 2.05) is 13.8 Å². The van der Waals surface area contributed by atoms with Gasteiger partial charge in [-0.1, -0.05) is 34.1 Å². The third kappa shape index (κ3) is 15.3. The molecule has 1 heterocycles. The van der Waals surface area contributed by atoms with Gasteiger partial charge in [0.25, 0.3) is 0 Å². The van der Waals surface area contributed by atoms with Crippen LogP contribution in [0.25, 0.3) is 0 Å². The Bertz CT molecular complexity index is 1220. The number of hydrogen-bond donors (Lipinski definition) is 10. The number of nitrogens with two attached hydrogens (primary N) is 3. The summed E-state index contributed by atoms with van der Waals surface area (Å²) in [5.41, 5.74) is 16.9. The molecular formula is C31H55N9O9S. The minimum absolute atomic E-state index is 0.0882. The predicted octanol–water partition coefficient (Wildman–Crippen LogP) is -2.83. The van der Waals surface area contributed by atoms with Crippen molar-refractivity contribution in [2.75, 3.05) is 18.1 Å². The molecule has 0 spiro atoms. The minimum Gasteiger partial charge on any atom is -0.480 e. The summed E-state index contributed by atoms with van der Waals surface area (Å²) in [6, 6.07) is -8.70. The number of hydrogen-bond acceptors (Lipinski definition) is 11. The van der Waals surface area contributed by atoms with Crippen LogP contribution in [0.4, 0.5) is 0 Å². The zero-order valence-electron chi connectivity index (χ0n) is 29.4. The number of carbonyl (C=O) groups excluding carboxylic acids is 7. The molecule has 1 aliphatic heterocycles. The van der Waals surface area contributed by atoms with Crippen LogP contribution in [0.2, 0.25) is 0 Å². The van der Waals surface area contributed by atoms with E-state index in [0.29, 0.717) is 32.2 Å². The maximum absolute atomic E-state index is 13.7. The molecule has 0 aromatic rings. The lowest BCUT2D eigenvalue weighted by Gasteiger charge is -2.27. The number of carboxylic acids is 1. The highest BCUT2D eigenvalue weighted by molar-refractivity contribution is 7.99. The first-order chi connectivity index (χ1) is 23.4. The van der Waals surface area contributed by atoms with E-state index < -0.39 is 102 Å². The van der Waals surface area contributed by atoms with Gasteiger partial charge in [0.05, 0.1) is 12.5 Å². The zero-order valence-corrected chi connectivity index (χ0v) is 30.2. The van der Waals surface area contributed by atoms with Crippen LogP contribution in [-0.2, 0) is 38.4 Å². The second-order valence-corrected chi connectivity index (χ2v) is 14.0. The van der Waals surface area contributed by atoms with Crippen LogP contribution in [0.3, 0.4) is 0 Å². The van der Waals surface area contributed by atoms with E-state index in [1.165, 1.54) is 6.92 Å². The minimum atomic E-state index is -1.53. The molecule has 0 saturated carbocycles. The van der Waals surface area contributed by atoms with Crippen molar-refractivity contribution in [2.24, 2.45) is 29.0 Å². The van der Waals surface area contributed by atoms with E-state index in [1.54, 1.807) is 13.8 Å². The first-order valence-electron chi connectivity index (χ1n) is 16.8. The Kier molecular flexibility index (Phi) is 19.4. The molecule has 19 heteroatoms. The highest BCUT2D eigenvalue weighted by atomic mass is 32.2. The molecule has 1 rings (SSSR count). The molecule has 7 amide bonds. The average molecular weight is 730 g/mol. The summed E-state index contributed by atoms with van der Waals surface area (Å²) in [5, 5.41) is 24.7. The first-order valence-corrected chi connectivity index (χ1v) is 17.9. The summed E-state index contributed by atoms with van der Waals surface area (Å²) in [6.45, 7) is 8.84. The van der Waals surface area contributed by atoms with E-state index in [2.05, 4.69) is 31.9 Å². The van der Waals surface area contributed by atoms with E-state index in [-0.39, 0.29) is 23.8 Å². The molecule has 0 radical (unpaired) electrons. The second kappa shape index (κ2) is 22.0. The molecule has 0 unspecified atom stereocenters. The van der Waals surface area contributed by atoms with Gasteiger partial charge in [0, 0.05) is 11.5 Å². The molecule has 1 saturated heterocycles. The molecule has 0 aromatic heterocycles. The van der Waals surface area contributed by atoms with Gasteiger partial charge < -0.3 is 54.2 Å². The van der Waals surface area contributed by atoms with E-state index in [0.717, 1.165) is 11.8 Å². The maximum Gasteiger partial charge on any atom is 0.326 e. The third-order valence-corrected chi connectivity index (χ3v) is 9.18. The summed E-state index contributed by atoms with van der Waals surface area (Å²) >= 11 is 1.00. The van der Waals surface area contributed by atoms with Crippen LogP contribution >= 0.6 is 11.8 Å². The Labute approximate surface area is 296 Å². The summed E-state index contributed by atoms with van der Waals surface area (Å²) in [4.78, 5) is 103. The third-order valence-electron chi connectivity index (χ3n) is 8.04. The largest absolute Gasteiger partial charge is 0.480 e. The van der Waals surface area contributed by atoms with Gasteiger partial charge in [-0.2, -0.15) is 11.8 Å². The molecule has 0 bridgehead atoms. The number of unbranched alkanes of at least 4 members (excludes halogenated alkanes) is 1. The number of primary amides is 1. The summed E-state index contributed by atoms with van der Waals surface area (Å²) in [5.74, 6) is -7.53. The fourth-order valence-electron chi connectivity index (χ4n) is 4.89. The van der Waals surface area contributed by atoms with Crippen LogP contribution < -0.4 is 49.1 Å². The number of aliphatic carboxylic acids is 1. The lowest BCUT2D eigenvalue weighted by atomic mass is 9.98. The fourth-order valence-corrected chi connectivity index (χ4v) is 5.97. The monoisotopic (exact) mass is 729 g/mol. The maximum atomic E-state index is 13.7. The van der Waals surface area contributed by atoms with Crippen LogP contribution in [0.15, 0.2) is 0 Å². The van der Waals surface area contributed by atoms with Crippen molar-refractivity contribution >= 4 is 59.1 Å². The average Bonchev–Trinajstić information content (AvgIpc) is 3.03. The molecule has 1 fully saturated rings. The lowest BCUT2D eigenvalue weighted by molar-refractivity contribution is -0.144. The topological polar surface area (TPSA) is 307 Å². The number of carboxylic acid groups (broad SMARTS) is 1. The van der Waals surface area contributed by atoms with Crippen molar-refractivity contribution in [1.29, 1.82) is 0 Å². The molecule has 284 valence electrons. The number of nitrogens with one attached hydrogen (secondary N) is 6. The molecular weight excluding hydrogens is 674 g/mol. The lowest BCUT2D eigenvalue weighted by Crippen LogP contribution is -2.60. The Morgan fingerprint density at radius 3 is 2.16 bits per heavy atom. The van der Waals surface area contributed by atoms with Gasteiger partial charge in [-0.3, -0.25) is 33.6 Å². The molecule has 50 heavy (non-hydrogen) atoms. The molecule has 18 nitrogen and oxygen atoms in total. The standard InChI is InChI=1S/C31H55N9O9S/c1-6-16(4)24(31(48)49)40-27(44)19(9-7-8-10-32)36-30(47)22-14-50-13-21(38-26(43)18(33)11-15(2)3)29(46)35-17(5)25(42)37-20(12-23(34)41)28(45)39-22/h15-22,24H,6-14,32-33H2,1-5H3,(H2,34,41)(H,35,46)(H,36,47)(H,37,42)(H,38,43)(H,39,45)(H,40,44)(H,48,49)/t16-,17-,18-,19-,20-,21+,22-,24-/m0/s1. The van der Waals surface area contributed by atoms with Crippen molar-refractivity contribution < 1.29 is 43.5 Å². The second-order valence-electron chi connectivity index (χ2n) is 12.9. The Morgan fingerprint density at radius 2 is 1.60 bits per heavy atom. The van der Waals surface area contributed by atoms with Crippen molar-refractivity contribution in [1.82, 2.24) is 31.9 Å². The highest BCUT2D eigenvalue weighted by Gasteiger charge is 2.35. The van der Waals surface area contributed by atoms with Crippen molar-refractivity contribution in [3.63, 3.8) is 0 Å². The van der Waals surface area contributed by atoms with Gasteiger partial charge in [0.2, 0.25) is 41.4 Å². The summed E-state index contributed by atoms with van der Waals surface area (Å²) in [7, 11) is 0. The van der Waals surface area contributed by atoms with Crippen molar-refractivity contribution in [3.05, 3.63) is 0 Å². The van der Waals surface area contributed by atoms with Gasteiger partial charge in [0.1, 0.15) is 36.3 Å². The van der Waals surface area contributed by atoms with Gasteiger partial charge in [0.15, 0.2) is 0 Å². The number of rotatable bonds is 17. The first kappa shape index (κ1) is 44.1. The normalized spacial score (nSPS) is 22.8. The van der Waals surface area contributed by atoms with Crippen molar-refractivity contribution in [2.45, 2.75) is 115 Å². The van der Waals surface area contributed by atoms with Crippen LogP contribution in [0.1, 0.15) is 73.1 Å². The molecule has 13 N–H and O–H groups in total. The van der Waals surface area contributed by atoms with Crippen LogP contribution in [0.5, 0.6) is 0 Å². The quantitative estimate of drug-likeness (QED) is 0.0678. The molecule has 0 aromatic carbocycles. The number of amides is 7. The van der Waals surface area contributed by atoms with E-state index >= 15 is 0 Å². The summed E-state index contributed by atoms with van der Waals surface area (Å²) in [6.07, 6.45) is 1.17. The molecule has 0 aliphatic carbocycles. The molecule has 8 atom stereocenters. The Hall–Kier alpha value is -3.97. The smallest absolute Gasteiger partial charge is 0.326 e. The Balaban J connectivity index is 3.44. The van der Waals surface area contributed by atoms with Gasteiger partial charge in [-0.15, -0.1) is 0 Å².